The van der Waals surface area contributed by atoms with Crippen LogP contribution in [0.4, 0.5) is 17.1 Å². The molecule has 3 heteroatoms. The first-order chi connectivity index (χ1) is 25.7. The first-order valence-electron chi connectivity index (χ1n) is 18.8. The lowest BCUT2D eigenvalue weighted by Gasteiger charge is -2.43. The molecule has 4 atom stereocenters. The molecule has 1 heterocycles. The van der Waals surface area contributed by atoms with Crippen LogP contribution < -0.4 is 25.4 Å². The van der Waals surface area contributed by atoms with Gasteiger partial charge in [-0.15, -0.1) is 0 Å². The molecule has 0 amide bonds. The first-order valence-corrected chi connectivity index (χ1v) is 20.9. The van der Waals surface area contributed by atoms with Gasteiger partial charge in [0.15, 0.2) is 8.07 Å². The Morgan fingerprint density at radius 2 is 1.27 bits per heavy atom. The van der Waals surface area contributed by atoms with Crippen LogP contribution in [0.25, 0.3) is 0 Å². The zero-order valence-electron chi connectivity index (χ0n) is 29.7. The summed E-state index contributed by atoms with van der Waals surface area (Å²) in [7, 11) is -2.78. The summed E-state index contributed by atoms with van der Waals surface area (Å²) in [6, 6.07) is 52.3. The number of hydrogen-bond donors (Lipinski definition) is 0. The Hall–Kier alpha value is -5.64. The molecule has 0 spiro atoms. The molecular formula is C49H44N2Si. The maximum Gasteiger partial charge on any atom is 0.157 e. The molecule has 2 nitrogen and oxygen atoms in total. The molecule has 0 aromatic heterocycles. The number of anilines is 3. The van der Waals surface area contributed by atoms with Gasteiger partial charge < -0.3 is 9.80 Å². The smallest absolute Gasteiger partial charge is 0.157 e. The molecule has 4 aliphatic rings. The topological polar surface area (TPSA) is 6.48 Å². The third-order valence-corrected chi connectivity index (χ3v) is 16.7. The van der Waals surface area contributed by atoms with Gasteiger partial charge in [0.2, 0.25) is 0 Å². The molecule has 0 saturated carbocycles. The van der Waals surface area contributed by atoms with Gasteiger partial charge in [-0.2, -0.15) is 0 Å². The molecule has 5 aromatic rings. The van der Waals surface area contributed by atoms with E-state index < -0.39 is 8.07 Å². The minimum Gasteiger partial charge on any atom is -0.333 e. The average Bonchev–Trinajstić information content (AvgIpc) is 3.56. The quantitative estimate of drug-likeness (QED) is 0.118. The normalized spacial score (nSPS) is 21.7. The summed E-state index contributed by atoms with van der Waals surface area (Å²) < 4.78 is 0. The van der Waals surface area contributed by atoms with Gasteiger partial charge in [-0.1, -0.05) is 171 Å². The van der Waals surface area contributed by atoms with Gasteiger partial charge in [-0.25, -0.2) is 0 Å². The highest BCUT2D eigenvalue weighted by Gasteiger charge is 2.50. The van der Waals surface area contributed by atoms with Crippen LogP contribution in [0.15, 0.2) is 212 Å². The van der Waals surface area contributed by atoms with Crippen LogP contribution in [0.2, 0.25) is 5.54 Å². The van der Waals surface area contributed by atoms with Crippen LogP contribution in [-0.2, 0) is 0 Å². The Kier molecular flexibility index (Phi) is 8.58. The lowest BCUT2D eigenvalue weighted by atomic mass is 9.91. The molecule has 4 unspecified atom stereocenters. The molecule has 52 heavy (non-hydrogen) atoms. The highest BCUT2D eigenvalue weighted by atomic mass is 28.3. The Bertz CT molecular complexity index is 2190. The Morgan fingerprint density at radius 1 is 0.615 bits per heavy atom. The summed E-state index contributed by atoms with van der Waals surface area (Å²) in [5.41, 5.74) is 8.02. The number of hydrogen-bond acceptors (Lipinski definition) is 2. The van der Waals surface area contributed by atoms with Crippen molar-refractivity contribution in [3.8, 4) is 0 Å². The molecule has 9 rings (SSSR count). The molecule has 1 aliphatic heterocycles. The Morgan fingerprint density at radius 3 is 1.92 bits per heavy atom. The Labute approximate surface area is 309 Å². The van der Waals surface area contributed by atoms with Crippen molar-refractivity contribution < 1.29 is 0 Å². The first kappa shape index (κ1) is 32.3. The maximum atomic E-state index is 2.65. The second kappa shape index (κ2) is 13.8. The van der Waals surface area contributed by atoms with Crippen LogP contribution in [0, 0.1) is 5.92 Å². The standard InChI is InChI=1S/C49H44N2Si/c1-37-18-16-23-41(36-37)50(38-19-6-2-7-20-38)40-32-34-44(35-33-40)52(42-24-10-4-11-25-42,43-26-12-5-13-27-43)48-31-17-29-46-45-28-14-15-30-47(45)51(49(46)48)39-21-8-3-9-22-39/h2-17,19-34,36-37,44-45,47H,18,35H2,1H3. The fraction of sp³-hybridized carbons (Fsp3) is 0.143. The number of fused-ring (bicyclic) bond motifs is 3. The fourth-order valence-electron chi connectivity index (χ4n) is 9.18. The number of benzene rings is 5. The molecule has 5 aromatic carbocycles. The van der Waals surface area contributed by atoms with Crippen molar-refractivity contribution in [3.63, 3.8) is 0 Å². The average molecular weight is 689 g/mol. The molecule has 0 fully saturated rings. The van der Waals surface area contributed by atoms with Gasteiger partial charge in [0.1, 0.15) is 0 Å². The SMILES string of the molecule is CC1C=C(N(C2=CCC([Si](c3ccccc3)(c3ccccc3)c3cccc4c3N(c3ccccc3)C3C=CC=CC43)C=C2)c2ccccc2)C=CC1. The molecular weight excluding hydrogens is 645 g/mol. The summed E-state index contributed by atoms with van der Waals surface area (Å²) in [5.74, 6) is 0.801. The van der Waals surface area contributed by atoms with Crippen molar-refractivity contribution >= 4 is 40.7 Å². The molecule has 0 N–H and O–H groups in total. The number of para-hydroxylation sites is 3. The molecule has 0 radical (unpaired) electrons. The molecule has 0 bridgehead atoms. The van der Waals surface area contributed by atoms with Gasteiger partial charge in [0, 0.05) is 34.4 Å². The summed E-state index contributed by atoms with van der Waals surface area (Å²) in [6.07, 6.45) is 25.9. The van der Waals surface area contributed by atoms with Crippen LogP contribution in [0.3, 0.4) is 0 Å². The number of rotatable bonds is 8. The van der Waals surface area contributed by atoms with Gasteiger partial charge >= 0.3 is 0 Å². The lowest BCUT2D eigenvalue weighted by Crippen LogP contribution is -2.70. The largest absolute Gasteiger partial charge is 0.333 e. The van der Waals surface area contributed by atoms with E-state index in [0.717, 1.165) is 12.8 Å². The van der Waals surface area contributed by atoms with Crippen molar-refractivity contribution in [3.05, 3.63) is 217 Å². The zero-order chi connectivity index (χ0) is 34.9. The van der Waals surface area contributed by atoms with E-state index in [1.807, 2.05) is 0 Å². The van der Waals surface area contributed by atoms with Crippen LogP contribution >= 0.6 is 0 Å². The van der Waals surface area contributed by atoms with E-state index in [0.29, 0.717) is 11.8 Å². The zero-order valence-corrected chi connectivity index (χ0v) is 30.7. The highest BCUT2D eigenvalue weighted by Crippen LogP contribution is 2.48. The van der Waals surface area contributed by atoms with E-state index in [1.165, 1.54) is 49.6 Å². The predicted molar refractivity (Wildman–Crippen MR) is 223 cm³/mol. The van der Waals surface area contributed by atoms with E-state index in [-0.39, 0.29) is 11.6 Å². The van der Waals surface area contributed by atoms with Crippen LogP contribution in [0.5, 0.6) is 0 Å². The van der Waals surface area contributed by atoms with Gasteiger partial charge in [0.05, 0.1) is 6.04 Å². The summed E-state index contributed by atoms with van der Waals surface area (Å²) in [6.45, 7) is 2.31. The van der Waals surface area contributed by atoms with Crippen molar-refractivity contribution in [1.29, 1.82) is 0 Å². The Balaban J connectivity index is 1.26. The lowest BCUT2D eigenvalue weighted by molar-refractivity contribution is 0.724. The summed E-state index contributed by atoms with van der Waals surface area (Å²) in [5, 5.41) is 4.38. The van der Waals surface area contributed by atoms with E-state index >= 15 is 0 Å². The second-order valence-electron chi connectivity index (χ2n) is 14.5. The minimum atomic E-state index is -2.78. The van der Waals surface area contributed by atoms with Gasteiger partial charge in [0.25, 0.3) is 0 Å². The van der Waals surface area contributed by atoms with E-state index in [1.54, 1.807) is 0 Å². The summed E-state index contributed by atoms with van der Waals surface area (Å²) >= 11 is 0. The van der Waals surface area contributed by atoms with E-state index in [4.69, 9.17) is 0 Å². The van der Waals surface area contributed by atoms with Gasteiger partial charge in [-0.3, -0.25) is 0 Å². The van der Waals surface area contributed by atoms with Crippen LogP contribution in [0.1, 0.15) is 31.2 Å². The number of nitrogens with zero attached hydrogens (tertiary/aromatic N) is 2. The predicted octanol–water partition coefficient (Wildman–Crippen LogP) is 10.1. The van der Waals surface area contributed by atoms with Gasteiger partial charge in [-0.05, 0) is 81.8 Å². The monoisotopic (exact) mass is 688 g/mol. The molecule has 0 saturated heterocycles. The molecule has 3 aliphatic carbocycles. The molecule has 254 valence electrons. The third-order valence-electron chi connectivity index (χ3n) is 11.4. The number of allylic oxidation sites excluding steroid dienone is 8. The third kappa shape index (κ3) is 5.48. The van der Waals surface area contributed by atoms with Crippen molar-refractivity contribution in [2.75, 3.05) is 9.80 Å². The van der Waals surface area contributed by atoms with E-state index in [2.05, 4.69) is 217 Å². The fourth-order valence-corrected chi connectivity index (χ4v) is 14.7. The maximum absolute atomic E-state index is 2.78. The van der Waals surface area contributed by atoms with Crippen LogP contribution in [-0.4, -0.2) is 14.1 Å². The second-order valence-corrected chi connectivity index (χ2v) is 18.5. The van der Waals surface area contributed by atoms with E-state index in [9.17, 15) is 0 Å². The highest BCUT2D eigenvalue weighted by molar-refractivity contribution is 7.13. The van der Waals surface area contributed by atoms with Crippen molar-refractivity contribution in [1.82, 2.24) is 0 Å². The summed E-state index contributed by atoms with van der Waals surface area (Å²) in [4.78, 5) is 5.10. The van der Waals surface area contributed by atoms with Crippen molar-refractivity contribution in [2.24, 2.45) is 5.92 Å². The minimum absolute atomic E-state index is 0.230. The van der Waals surface area contributed by atoms with Crippen molar-refractivity contribution in [2.45, 2.75) is 37.3 Å².